The summed E-state index contributed by atoms with van der Waals surface area (Å²) in [6.07, 6.45) is 2.50. The first kappa shape index (κ1) is 22.4. The maximum atomic E-state index is 12.1. The van der Waals surface area contributed by atoms with Gasteiger partial charge in [-0.1, -0.05) is 29.8 Å². The smallest absolute Gasteiger partial charge is 0.315 e. The lowest BCUT2D eigenvalue weighted by atomic mass is 9.85. The Hall–Kier alpha value is -3.36. The number of benzene rings is 2. The lowest BCUT2D eigenvalue weighted by Gasteiger charge is -2.26. The molecule has 2 aliphatic rings. The minimum Gasteiger partial charge on any atom is -0.495 e. The van der Waals surface area contributed by atoms with Crippen LogP contribution in [0.4, 0.5) is 23.1 Å². The molecule has 3 aromatic rings. The van der Waals surface area contributed by atoms with Crippen LogP contribution in [0.5, 0.6) is 5.75 Å². The molecule has 0 bridgehead atoms. The second kappa shape index (κ2) is 8.45. The maximum absolute atomic E-state index is 12.1. The lowest BCUT2D eigenvalue weighted by molar-refractivity contribution is -0.142. The number of nitrogens with zero attached hydrogens (tertiary/aromatic N) is 4. The minimum absolute atomic E-state index is 0.215. The molecule has 34 heavy (non-hydrogen) atoms. The van der Waals surface area contributed by atoms with E-state index in [2.05, 4.69) is 39.4 Å². The van der Waals surface area contributed by atoms with Gasteiger partial charge in [0.05, 0.1) is 19.0 Å². The van der Waals surface area contributed by atoms with Gasteiger partial charge in [-0.15, -0.1) is 0 Å². The van der Waals surface area contributed by atoms with Crippen LogP contribution in [0.3, 0.4) is 0 Å². The molecule has 0 radical (unpaired) electrons. The topological polar surface area (TPSA) is 90.8 Å². The zero-order valence-corrected chi connectivity index (χ0v) is 20.1. The monoisotopic (exact) mass is 479 g/mol. The van der Waals surface area contributed by atoms with E-state index in [0.29, 0.717) is 22.5 Å². The highest BCUT2D eigenvalue weighted by atomic mass is 35.5. The lowest BCUT2D eigenvalue weighted by Crippen LogP contribution is -2.36. The third-order valence-electron chi connectivity index (χ3n) is 6.69. The summed E-state index contributed by atoms with van der Waals surface area (Å²) in [6.45, 7) is 3.81. The van der Waals surface area contributed by atoms with E-state index in [4.69, 9.17) is 16.3 Å². The summed E-state index contributed by atoms with van der Waals surface area (Å²) >= 11 is 6.52. The van der Waals surface area contributed by atoms with Gasteiger partial charge >= 0.3 is 5.97 Å². The highest BCUT2D eigenvalue weighted by molar-refractivity contribution is 6.33. The molecule has 0 saturated heterocycles. The molecular formula is C25H26ClN5O3. The Balaban J connectivity index is 1.52. The van der Waals surface area contributed by atoms with Crippen molar-refractivity contribution in [2.45, 2.75) is 25.3 Å². The van der Waals surface area contributed by atoms with Crippen molar-refractivity contribution in [3.05, 3.63) is 64.3 Å². The molecule has 9 heteroatoms. The predicted molar refractivity (Wildman–Crippen MR) is 132 cm³/mol. The number of carboxylic acids is 1. The van der Waals surface area contributed by atoms with Crippen molar-refractivity contribution in [2.24, 2.45) is 0 Å². The van der Waals surface area contributed by atoms with Crippen LogP contribution in [0.15, 0.2) is 42.6 Å². The van der Waals surface area contributed by atoms with Crippen LogP contribution in [0.25, 0.3) is 0 Å². The van der Waals surface area contributed by atoms with E-state index in [-0.39, 0.29) is 6.54 Å². The number of ether oxygens (including phenoxy) is 1. The quantitative estimate of drug-likeness (QED) is 0.557. The number of methoxy groups -OCH3 is 1. The van der Waals surface area contributed by atoms with E-state index in [1.807, 2.05) is 29.2 Å². The van der Waals surface area contributed by atoms with E-state index in [1.165, 1.54) is 17.3 Å². The molecule has 3 heterocycles. The number of para-hydroxylation sites is 1. The Bertz CT molecular complexity index is 1280. The summed E-state index contributed by atoms with van der Waals surface area (Å²) < 4.78 is 5.63. The number of carboxylic acid groups (broad SMARTS) is 1. The van der Waals surface area contributed by atoms with E-state index in [0.717, 1.165) is 36.4 Å². The number of anilines is 4. The summed E-state index contributed by atoms with van der Waals surface area (Å²) in [7, 11) is 3.75. The van der Waals surface area contributed by atoms with Gasteiger partial charge in [-0.2, -0.15) is 4.98 Å². The van der Waals surface area contributed by atoms with E-state index in [1.54, 1.807) is 14.0 Å². The molecule has 0 fully saturated rings. The van der Waals surface area contributed by atoms with Crippen LogP contribution >= 0.6 is 11.6 Å². The summed E-state index contributed by atoms with van der Waals surface area (Å²) in [5.41, 5.74) is 3.70. The zero-order chi connectivity index (χ0) is 24.0. The Morgan fingerprint density at radius 3 is 2.82 bits per heavy atom. The Morgan fingerprint density at radius 2 is 2.06 bits per heavy atom. The van der Waals surface area contributed by atoms with Crippen molar-refractivity contribution in [2.75, 3.05) is 37.5 Å². The Kier molecular flexibility index (Phi) is 5.58. The standard InChI is InChI=1S/C25H26ClN5O3/c1-25(23(32)33)14-31(20-7-5-4-6-17(20)25)22-18(26)12-27-24(29-22)28-19-10-16-13-30(2)9-8-15(16)11-21(19)34-3/h4-7,10-12H,8-9,13-14H2,1-3H3,(H,32,33)(H,27,28,29). The molecule has 2 aliphatic heterocycles. The van der Waals surface area contributed by atoms with Gasteiger partial charge in [-0.25, -0.2) is 4.98 Å². The van der Waals surface area contributed by atoms with Crippen molar-refractivity contribution in [3.8, 4) is 5.75 Å². The van der Waals surface area contributed by atoms with Crippen LogP contribution in [0.1, 0.15) is 23.6 Å². The number of likely N-dealkylation sites (N-methyl/N-ethyl adjacent to an activating group) is 1. The number of aromatic nitrogens is 2. The molecule has 5 rings (SSSR count). The molecular weight excluding hydrogens is 454 g/mol. The normalized spacial score (nSPS) is 19.5. The average Bonchev–Trinajstić information content (AvgIpc) is 3.14. The SMILES string of the molecule is COc1cc2c(cc1Nc1ncc(Cl)c(N3CC(C)(C(=O)O)c4ccccc43)n1)CN(C)CC2. The molecule has 1 aromatic heterocycles. The van der Waals surface area contributed by atoms with Gasteiger partial charge < -0.3 is 25.0 Å². The van der Waals surface area contributed by atoms with Crippen LogP contribution in [0.2, 0.25) is 5.02 Å². The molecule has 0 spiro atoms. The number of halogens is 1. The van der Waals surface area contributed by atoms with E-state index < -0.39 is 11.4 Å². The fraction of sp³-hybridized carbons (Fsp3) is 0.320. The third kappa shape index (κ3) is 3.73. The van der Waals surface area contributed by atoms with Gasteiger partial charge in [0.1, 0.15) is 16.2 Å². The molecule has 2 aromatic carbocycles. The molecule has 0 saturated carbocycles. The number of hydrogen-bond donors (Lipinski definition) is 2. The summed E-state index contributed by atoms with van der Waals surface area (Å²) in [5.74, 6) is 0.625. The van der Waals surface area contributed by atoms with Crippen molar-refractivity contribution in [3.63, 3.8) is 0 Å². The number of aliphatic carboxylic acids is 1. The molecule has 176 valence electrons. The average molecular weight is 480 g/mol. The van der Waals surface area contributed by atoms with Gasteiger partial charge in [0, 0.05) is 25.3 Å². The first-order chi connectivity index (χ1) is 16.3. The van der Waals surface area contributed by atoms with Crippen LogP contribution < -0.4 is 15.0 Å². The van der Waals surface area contributed by atoms with Gasteiger partial charge in [-0.3, -0.25) is 4.79 Å². The minimum atomic E-state index is -1.08. The van der Waals surface area contributed by atoms with E-state index in [9.17, 15) is 9.90 Å². The third-order valence-corrected chi connectivity index (χ3v) is 6.95. The van der Waals surface area contributed by atoms with Crippen LogP contribution in [-0.2, 0) is 23.2 Å². The largest absolute Gasteiger partial charge is 0.495 e. The summed E-state index contributed by atoms with van der Waals surface area (Å²) in [6, 6.07) is 11.6. The molecule has 0 aliphatic carbocycles. The second-order valence-corrected chi connectivity index (χ2v) is 9.45. The first-order valence-electron chi connectivity index (χ1n) is 11.1. The summed E-state index contributed by atoms with van der Waals surface area (Å²) in [5, 5.41) is 13.6. The number of hydrogen-bond acceptors (Lipinski definition) is 7. The number of nitrogens with one attached hydrogen (secondary N) is 1. The molecule has 8 nitrogen and oxygen atoms in total. The van der Waals surface area contributed by atoms with Gasteiger partial charge in [0.2, 0.25) is 5.95 Å². The number of carbonyl (C=O) groups is 1. The fourth-order valence-corrected chi connectivity index (χ4v) is 4.95. The highest BCUT2D eigenvalue weighted by Gasteiger charge is 2.46. The molecule has 0 amide bonds. The molecule has 1 atom stereocenters. The van der Waals surface area contributed by atoms with Crippen LogP contribution in [0, 0.1) is 0 Å². The second-order valence-electron chi connectivity index (χ2n) is 9.04. The number of fused-ring (bicyclic) bond motifs is 2. The number of rotatable bonds is 5. The molecule has 2 N–H and O–H groups in total. The first-order valence-corrected chi connectivity index (χ1v) is 11.5. The van der Waals surface area contributed by atoms with Crippen molar-refractivity contribution in [1.29, 1.82) is 0 Å². The molecule has 1 unspecified atom stereocenters. The summed E-state index contributed by atoms with van der Waals surface area (Å²) in [4.78, 5) is 25.3. The van der Waals surface area contributed by atoms with Crippen molar-refractivity contribution < 1.29 is 14.6 Å². The van der Waals surface area contributed by atoms with Crippen molar-refractivity contribution in [1.82, 2.24) is 14.9 Å². The Labute approximate surface area is 203 Å². The highest BCUT2D eigenvalue weighted by Crippen LogP contribution is 2.46. The predicted octanol–water partition coefficient (Wildman–Crippen LogP) is 4.36. The fourth-order valence-electron chi connectivity index (χ4n) is 4.76. The van der Waals surface area contributed by atoms with E-state index >= 15 is 0 Å². The van der Waals surface area contributed by atoms with Crippen molar-refractivity contribution >= 4 is 40.7 Å². The van der Waals surface area contributed by atoms with Gasteiger partial charge in [0.15, 0.2) is 5.82 Å². The maximum Gasteiger partial charge on any atom is 0.315 e. The van der Waals surface area contributed by atoms with Gasteiger partial charge in [-0.05, 0) is 55.3 Å². The van der Waals surface area contributed by atoms with Gasteiger partial charge in [0.25, 0.3) is 0 Å². The Morgan fingerprint density at radius 1 is 1.26 bits per heavy atom. The van der Waals surface area contributed by atoms with Crippen LogP contribution in [-0.4, -0.2) is 53.2 Å². The zero-order valence-electron chi connectivity index (χ0n) is 19.3.